The number of aromatic nitrogens is 3. The highest BCUT2D eigenvalue weighted by Gasteiger charge is 2.25. The molecule has 1 saturated heterocycles. The first-order valence-corrected chi connectivity index (χ1v) is 10.6. The summed E-state index contributed by atoms with van der Waals surface area (Å²) in [6.07, 6.45) is 7.02. The number of carbonyl (C=O) groups excluding carboxylic acids is 1. The Balaban J connectivity index is 1.42. The Hall–Kier alpha value is -3.79. The number of Topliss-reactive ketones (excluding diaryl/α,β-unsaturated/α-hetero) is 1. The molecule has 3 aromatic heterocycles. The van der Waals surface area contributed by atoms with Crippen LogP contribution in [-0.2, 0) is 4.79 Å². The fraction of sp³-hybridized carbons (Fsp3) is 0.292. The number of rotatable bonds is 5. The van der Waals surface area contributed by atoms with Crippen LogP contribution in [0.5, 0.6) is 0 Å². The molecule has 0 amide bonds. The van der Waals surface area contributed by atoms with Crippen LogP contribution in [0, 0.1) is 11.3 Å². The summed E-state index contributed by atoms with van der Waals surface area (Å²) in [6.45, 7) is 1.45. The van der Waals surface area contributed by atoms with Crippen LogP contribution in [0.25, 0.3) is 11.3 Å². The van der Waals surface area contributed by atoms with E-state index < -0.39 is 0 Å². The van der Waals surface area contributed by atoms with Crippen molar-refractivity contribution in [1.82, 2.24) is 15.0 Å². The average molecular weight is 410 g/mol. The summed E-state index contributed by atoms with van der Waals surface area (Å²) >= 11 is 0. The minimum absolute atomic E-state index is 0.323. The number of ketones is 1. The predicted molar refractivity (Wildman–Crippen MR) is 118 cm³/mol. The van der Waals surface area contributed by atoms with Gasteiger partial charge in [0, 0.05) is 43.9 Å². The quantitative estimate of drug-likeness (QED) is 0.673. The van der Waals surface area contributed by atoms with Crippen LogP contribution in [0.3, 0.4) is 0 Å². The fourth-order valence-electron chi connectivity index (χ4n) is 3.83. The van der Waals surface area contributed by atoms with E-state index in [1.54, 1.807) is 18.3 Å². The molecule has 154 valence electrons. The highest BCUT2D eigenvalue weighted by atomic mass is 16.1. The van der Waals surface area contributed by atoms with Gasteiger partial charge in [-0.05, 0) is 60.7 Å². The summed E-state index contributed by atoms with van der Waals surface area (Å²) in [7, 11) is 0. The number of nitrogens with one attached hydrogen (secondary N) is 1. The van der Waals surface area contributed by atoms with Gasteiger partial charge in [-0.3, -0.25) is 4.79 Å². The van der Waals surface area contributed by atoms with Gasteiger partial charge in [-0.15, -0.1) is 0 Å². The van der Waals surface area contributed by atoms with Crippen LogP contribution in [0.4, 0.5) is 17.5 Å². The monoisotopic (exact) mass is 410 g/mol. The van der Waals surface area contributed by atoms with Gasteiger partial charge in [0.05, 0.1) is 17.3 Å². The molecule has 1 aliphatic carbocycles. The molecule has 7 nitrogen and oxygen atoms in total. The van der Waals surface area contributed by atoms with Crippen LogP contribution in [0.15, 0.2) is 48.8 Å². The van der Waals surface area contributed by atoms with Crippen molar-refractivity contribution in [3.63, 3.8) is 0 Å². The molecule has 0 atom stereocenters. The Morgan fingerprint density at radius 1 is 1.03 bits per heavy atom. The van der Waals surface area contributed by atoms with Crippen LogP contribution in [-0.4, -0.2) is 33.8 Å². The topological polar surface area (TPSA) is 94.8 Å². The standard InChI is InChI=1S/C24H22N6O/c25-14-16-5-8-26-22(11-16)29-23-13-19(17-1-2-17)12-21(28-23)18-3-4-24(27-15-18)30-9-6-20(31)7-10-30/h3-5,8,11-13,15,17H,1-2,6-7,9-10H2,(H,26,28,29). The van der Waals surface area contributed by atoms with Crippen molar-refractivity contribution >= 4 is 23.2 Å². The van der Waals surface area contributed by atoms with Gasteiger partial charge in [0.1, 0.15) is 23.2 Å². The first-order chi connectivity index (χ1) is 15.2. The summed E-state index contributed by atoms with van der Waals surface area (Å²) < 4.78 is 0. The summed E-state index contributed by atoms with van der Waals surface area (Å²) in [4.78, 5) is 27.4. The lowest BCUT2D eigenvalue weighted by molar-refractivity contribution is -0.119. The lowest BCUT2D eigenvalue weighted by atomic mass is 10.1. The second kappa shape index (κ2) is 8.15. The number of piperidine rings is 1. The van der Waals surface area contributed by atoms with Crippen molar-refractivity contribution in [2.45, 2.75) is 31.6 Å². The molecule has 7 heteroatoms. The summed E-state index contributed by atoms with van der Waals surface area (Å²) in [5, 5.41) is 12.4. The Labute approximate surface area is 180 Å². The maximum Gasteiger partial charge on any atom is 0.136 e. The van der Waals surface area contributed by atoms with E-state index in [9.17, 15) is 4.79 Å². The summed E-state index contributed by atoms with van der Waals surface area (Å²) in [5.41, 5.74) is 3.61. The molecule has 0 unspecified atom stereocenters. The first-order valence-electron chi connectivity index (χ1n) is 10.6. The Morgan fingerprint density at radius 2 is 1.87 bits per heavy atom. The molecule has 2 fully saturated rings. The summed E-state index contributed by atoms with van der Waals surface area (Å²) in [5.74, 6) is 3.09. The average Bonchev–Trinajstić information content (AvgIpc) is 3.65. The van der Waals surface area contributed by atoms with Crippen LogP contribution in [0.1, 0.15) is 42.7 Å². The van der Waals surface area contributed by atoms with Crippen molar-refractivity contribution in [3.8, 4) is 17.3 Å². The van der Waals surface area contributed by atoms with Crippen molar-refractivity contribution in [2.75, 3.05) is 23.3 Å². The third kappa shape index (κ3) is 4.38. The molecule has 31 heavy (non-hydrogen) atoms. The van der Waals surface area contributed by atoms with Crippen molar-refractivity contribution in [1.29, 1.82) is 5.26 Å². The minimum Gasteiger partial charge on any atom is -0.356 e. The third-order valence-corrected chi connectivity index (χ3v) is 5.73. The molecule has 1 N–H and O–H groups in total. The van der Waals surface area contributed by atoms with Gasteiger partial charge in [0.2, 0.25) is 0 Å². The van der Waals surface area contributed by atoms with E-state index in [-0.39, 0.29) is 0 Å². The van der Waals surface area contributed by atoms with E-state index in [2.05, 4.69) is 38.4 Å². The van der Waals surface area contributed by atoms with Crippen molar-refractivity contribution in [2.24, 2.45) is 0 Å². The van der Waals surface area contributed by atoms with Gasteiger partial charge in [0.25, 0.3) is 0 Å². The van der Waals surface area contributed by atoms with E-state index >= 15 is 0 Å². The number of nitriles is 1. The maximum absolute atomic E-state index is 11.5. The largest absolute Gasteiger partial charge is 0.356 e. The molecular weight excluding hydrogens is 388 g/mol. The molecule has 0 radical (unpaired) electrons. The molecule has 1 aliphatic heterocycles. The Morgan fingerprint density at radius 3 is 2.58 bits per heavy atom. The van der Waals surface area contributed by atoms with Gasteiger partial charge in [0.15, 0.2) is 0 Å². The second-order valence-electron chi connectivity index (χ2n) is 8.04. The fourth-order valence-corrected chi connectivity index (χ4v) is 3.83. The van der Waals surface area contributed by atoms with Gasteiger partial charge < -0.3 is 10.2 Å². The summed E-state index contributed by atoms with van der Waals surface area (Å²) in [6, 6.07) is 13.8. The molecule has 2 aliphatic rings. The van der Waals surface area contributed by atoms with Crippen LogP contribution < -0.4 is 10.2 Å². The highest BCUT2D eigenvalue weighted by Crippen LogP contribution is 2.42. The number of carbonyl (C=O) groups is 1. The third-order valence-electron chi connectivity index (χ3n) is 5.73. The molecule has 0 aromatic carbocycles. The maximum atomic E-state index is 11.5. The smallest absolute Gasteiger partial charge is 0.136 e. The lowest BCUT2D eigenvalue weighted by Gasteiger charge is -2.27. The second-order valence-corrected chi connectivity index (χ2v) is 8.04. The van der Waals surface area contributed by atoms with E-state index in [0.717, 1.165) is 30.2 Å². The van der Waals surface area contributed by atoms with Crippen molar-refractivity contribution in [3.05, 3.63) is 59.9 Å². The SMILES string of the molecule is N#Cc1ccnc(Nc2cc(C3CC3)cc(-c3ccc(N4CCC(=O)CC4)nc3)n2)c1. The van der Waals surface area contributed by atoms with Gasteiger partial charge >= 0.3 is 0 Å². The molecular formula is C24H22N6O. The minimum atomic E-state index is 0.323. The lowest BCUT2D eigenvalue weighted by Crippen LogP contribution is -2.34. The zero-order chi connectivity index (χ0) is 21.2. The molecule has 3 aromatic rings. The van der Waals surface area contributed by atoms with E-state index in [1.807, 2.05) is 18.3 Å². The number of hydrogen-bond donors (Lipinski definition) is 1. The van der Waals surface area contributed by atoms with Gasteiger partial charge in [-0.2, -0.15) is 5.26 Å². The van der Waals surface area contributed by atoms with E-state index in [0.29, 0.717) is 41.7 Å². The van der Waals surface area contributed by atoms with Gasteiger partial charge in [-0.25, -0.2) is 15.0 Å². The van der Waals surface area contributed by atoms with E-state index in [4.69, 9.17) is 10.2 Å². The van der Waals surface area contributed by atoms with Crippen LogP contribution in [0.2, 0.25) is 0 Å². The number of pyridine rings is 3. The number of hydrogen-bond acceptors (Lipinski definition) is 7. The molecule has 1 saturated carbocycles. The molecule has 0 spiro atoms. The zero-order valence-electron chi connectivity index (χ0n) is 17.1. The van der Waals surface area contributed by atoms with E-state index in [1.165, 1.54) is 18.4 Å². The number of anilines is 3. The van der Waals surface area contributed by atoms with Crippen molar-refractivity contribution < 1.29 is 4.79 Å². The normalized spacial score (nSPS) is 16.1. The Kier molecular flexibility index (Phi) is 5.04. The zero-order valence-corrected chi connectivity index (χ0v) is 17.1. The number of nitrogens with zero attached hydrogens (tertiary/aromatic N) is 5. The Bertz CT molecular complexity index is 1150. The van der Waals surface area contributed by atoms with Gasteiger partial charge in [-0.1, -0.05) is 0 Å². The highest BCUT2D eigenvalue weighted by molar-refractivity contribution is 5.80. The van der Waals surface area contributed by atoms with Crippen LogP contribution >= 0.6 is 0 Å². The predicted octanol–water partition coefficient (Wildman–Crippen LogP) is 4.20. The molecule has 4 heterocycles. The molecule has 0 bridgehead atoms. The first kappa shape index (κ1) is 19.2. The molecule has 5 rings (SSSR count).